The van der Waals surface area contributed by atoms with Gasteiger partial charge in [0, 0.05) is 11.9 Å². The molecule has 0 saturated carbocycles. The summed E-state index contributed by atoms with van der Waals surface area (Å²) in [5.74, 6) is 0.230. The molecular formula is C11H12ClFO3S. The molecule has 3 nitrogen and oxygen atoms in total. The molecule has 0 N–H and O–H groups in total. The molecule has 1 aromatic rings. The van der Waals surface area contributed by atoms with Gasteiger partial charge in [-0.3, -0.25) is 0 Å². The van der Waals surface area contributed by atoms with Gasteiger partial charge in [-0.25, -0.2) is 12.8 Å². The topological polar surface area (TPSA) is 43.4 Å². The van der Waals surface area contributed by atoms with Gasteiger partial charge < -0.3 is 4.74 Å². The van der Waals surface area contributed by atoms with Gasteiger partial charge in [0.25, 0.3) is 0 Å². The molecule has 1 heterocycles. The van der Waals surface area contributed by atoms with E-state index in [0.29, 0.717) is 17.7 Å². The molecule has 0 aliphatic carbocycles. The van der Waals surface area contributed by atoms with Gasteiger partial charge in [0.2, 0.25) is 0 Å². The molecule has 1 unspecified atom stereocenters. The maximum absolute atomic E-state index is 13.2. The van der Waals surface area contributed by atoms with Gasteiger partial charge in [-0.15, -0.1) is 11.6 Å². The van der Waals surface area contributed by atoms with Crippen molar-refractivity contribution in [2.24, 2.45) is 0 Å². The second-order valence-corrected chi connectivity index (χ2v) is 6.57. The largest absolute Gasteiger partial charge is 0.489 e. The number of ether oxygens (including phenoxy) is 1. The van der Waals surface area contributed by atoms with Crippen molar-refractivity contribution in [3.63, 3.8) is 0 Å². The fourth-order valence-electron chi connectivity index (χ4n) is 1.81. The van der Waals surface area contributed by atoms with Crippen molar-refractivity contribution in [3.05, 3.63) is 29.6 Å². The predicted octanol–water partition coefficient (Wildman–Crippen LogP) is 2.13. The Bertz CT molecular complexity index is 515. The highest BCUT2D eigenvalue weighted by Gasteiger charge is 2.29. The molecule has 1 aliphatic heterocycles. The molecule has 0 spiro atoms. The van der Waals surface area contributed by atoms with Crippen LogP contribution >= 0.6 is 11.6 Å². The van der Waals surface area contributed by atoms with Crippen LogP contribution in [0, 0.1) is 5.82 Å². The summed E-state index contributed by atoms with van der Waals surface area (Å²) < 4.78 is 41.1. The van der Waals surface area contributed by atoms with E-state index in [2.05, 4.69) is 0 Å². The molecule has 2 rings (SSSR count). The number of halogens is 2. The summed E-state index contributed by atoms with van der Waals surface area (Å²) in [4.78, 5) is 0. The average molecular weight is 279 g/mol. The van der Waals surface area contributed by atoms with Crippen LogP contribution in [-0.4, -0.2) is 26.0 Å². The van der Waals surface area contributed by atoms with Crippen molar-refractivity contribution < 1.29 is 17.5 Å². The zero-order valence-corrected chi connectivity index (χ0v) is 10.6. The number of hydrogen-bond acceptors (Lipinski definition) is 3. The van der Waals surface area contributed by atoms with E-state index in [1.54, 1.807) is 6.07 Å². The van der Waals surface area contributed by atoms with Gasteiger partial charge in [0.05, 0.1) is 11.5 Å². The van der Waals surface area contributed by atoms with E-state index in [-0.39, 0.29) is 23.5 Å². The molecule has 0 radical (unpaired) electrons. The van der Waals surface area contributed by atoms with Crippen LogP contribution < -0.4 is 4.74 Å². The van der Waals surface area contributed by atoms with Gasteiger partial charge in [-0.05, 0) is 24.1 Å². The fourth-order valence-corrected chi connectivity index (χ4v) is 3.56. The first-order chi connectivity index (χ1) is 7.98. The second kappa shape index (κ2) is 4.82. The zero-order valence-electron chi connectivity index (χ0n) is 9.03. The lowest BCUT2D eigenvalue weighted by Crippen LogP contribution is -2.17. The Labute approximate surface area is 104 Å². The van der Waals surface area contributed by atoms with Crippen LogP contribution in [0.5, 0.6) is 5.75 Å². The number of rotatable bonds is 3. The number of hydrogen-bond donors (Lipinski definition) is 0. The Kier molecular flexibility index (Phi) is 3.58. The highest BCUT2D eigenvalue weighted by Crippen LogP contribution is 2.22. The van der Waals surface area contributed by atoms with Crippen LogP contribution in [0.15, 0.2) is 18.2 Å². The minimum atomic E-state index is -2.99. The third-order valence-electron chi connectivity index (χ3n) is 2.58. The summed E-state index contributed by atoms with van der Waals surface area (Å²) in [6, 6.07) is 4.19. The monoisotopic (exact) mass is 278 g/mol. The molecule has 6 heteroatoms. The lowest BCUT2D eigenvalue weighted by molar-refractivity contribution is 0.228. The van der Waals surface area contributed by atoms with E-state index in [4.69, 9.17) is 16.3 Å². The van der Waals surface area contributed by atoms with Gasteiger partial charge in [0.1, 0.15) is 17.7 Å². The second-order valence-electron chi connectivity index (χ2n) is 4.07. The Balaban J connectivity index is 2.11. The van der Waals surface area contributed by atoms with E-state index >= 15 is 0 Å². The van der Waals surface area contributed by atoms with Gasteiger partial charge >= 0.3 is 0 Å². The van der Waals surface area contributed by atoms with E-state index in [1.165, 1.54) is 12.1 Å². The Hall–Kier alpha value is -0.810. The van der Waals surface area contributed by atoms with E-state index in [9.17, 15) is 12.8 Å². The third-order valence-corrected chi connectivity index (χ3v) is 4.62. The Morgan fingerprint density at radius 2 is 2.18 bits per heavy atom. The van der Waals surface area contributed by atoms with Gasteiger partial charge in [-0.2, -0.15) is 0 Å². The van der Waals surface area contributed by atoms with E-state index in [0.717, 1.165) is 0 Å². The number of alkyl halides is 1. The minimum Gasteiger partial charge on any atom is -0.489 e. The molecule has 0 aromatic heterocycles. The molecule has 1 aromatic carbocycles. The van der Waals surface area contributed by atoms with Crippen molar-refractivity contribution in [3.8, 4) is 5.75 Å². The van der Waals surface area contributed by atoms with Crippen LogP contribution in [0.25, 0.3) is 0 Å². The maximum atomic E-state index is 13.2. The highest BCUT2D eigenvalue weighted by atomic mass is 35.5. The smallest absolute Gasteiger partial charge is 0.154 e. The molecule has 1 atom stereocenters. The molecule has 1 saturated heterocycles. The summed E-state index contributed by atoms with van der Waals surface area (Å²) >= 11 is 5.61. The van der Waals surface area contributed by atoms with Crippen molar-refractivity contribution in [1.82, 2.24) is 0 Å². The molecule has 0 bridgehead atoms. The van der Waals surface area contributed by atoms with Gasteiger partial charge in [0.15, 0.2) is 9.84 Å². The lowest BCUT2D eigenvalue weighted by Gasteiger charge is -2.12. The van der Waals surface area contributed by atoms with Crippen LogP contribution in [0.3, 0.4) is 0 Å². The Morgan fingerprint density at radius 1 is 1.41 bits per heavy atom. The zero-order chi connectivity index (χ0) is 12.5. The predicted molar refractivity (Wildman–Crippen MR) is 63.6 cm³/mol. The van der Waals surface area contributed by atoms with Gasteiger partial charge in [-0.1, -0.05) is 0 Å². The first kappa shape index (κ1) is 12.6. The SMILES string of the molecule is O=S1(=O)CCC(Oc2cc(F)cc(CCl)c2)C1. The van der Waals surface area contributed by atoms with E-state index in [1.807, 2.05) is 0 Å². The summed E-state index contributed by atoms with van der Waals surface area (Å²) in [6.45, 7) is 0. The third kappa shape index (κ3) is 3.33. The first-order valence-corrected chi connectivity index (χ1v) is 7.56. The van der Waals surface area contributed by atoms with Crippen LogP contribution in [0.2, 0.25) is 0 Å². The van der Waals surface area contributed by atoms with Crippen LogP contribution in [-0.2, 0) is 15.7 Å². The molecule has 94 valence electrons. The summed E-state index contributed by atoms with van der Waals surface area (Å²) in [6.07, 6.45) is 0.0691. The van der Waals surface area contributed by atoms with Crippen molar-refractivity contribution in [2.75, 3.05) is 11.5 Å². The average Bonchev–Trinajstić information content (AvgIpc) is 2.57. The van der Waals surface area contributed by atoms with Crippen molar-refractivity contribution in [1.29, 1.82) is 0 Å². The highest BCUT2D eigenvalue weighted by molar-refractivity contribution is 7.91. The van der Waals surface area contributed by atoms with Crippen LogP contribution in [0.1, 0.15) is 12.0 Å². The normalized spacial score (nSPS) is 22.6. The Morgan fingerprint density at radius 3 is 2.76 bits per heavy atom. The molecule has 1 aliphatic rings. The van der Waals surface area contributed by atoms with Crippen molar-refractivity contribution >= 4 is 21.4 Å². The first-order valence-electron chi connectivity index (χ1n) is 5.21. The van der Waals surface area contributed by atoms with Crippen molar-refractivity contribution in [2.45, 2.75) is 18.4 Å². The molecule has 1 fully saturated rings. The standard InChI is InChI=1S/C11H12ClFO3S/c12-6-8-3-9(13)5-11(4-8)16-10-1-2-17(14,15)7-10/h3-5,10H,1-2,6-7H2. The summed E-state index contributed by atoms with van der Waals surface area (Å²) in [5.41, 5.74) is 0.613. The molecular weight excluding hydrogens is 267 g/mol. The number of sulfone groups is 1. The number of benzene rings is 1. The summed E-state index contributed by atoms with van der Waals surface area (Å²) in [7, 11) is -2.99. The van der Waals surface area contributed by atoms with E-state index < -0.39 is 15.7 Å². The summed E-state index contributed by atoms with van der Waals surface area (Å²) in [5, 5.41) is 0. The van der Waals surface area contributed by atoms with Crippen LogP contribution in [0.4, 0.5) is 4.39 Å². The minimum absolute atomic E-state index is 0.000276. The maximum Gasteiger partial charge on any atom is 0.154 e. The molecule has 0 amide bonds. The fraction of sp³-hybridized carbons (Fsp3) is 0.455. The lowest BCUT2D eigenvalue weighted by atomic mass is 10.2. The quantitative estimate of drug-likeness (QED) is 0.796. The molecule has 17 heavy (non-hydrogen) atoms.